The number of carbonyl (C=O) groups is 2. The maximum Gasteiger partial charge on any atom is 0.301 e. The van der Waals surface area contributed by atoms with E-state index in [1.807, 2.05) is 6.92 Å². The van der Waals surface area contributed by atoms with Gasteiger partial charge in [0.15, 0.2) is 5.13 Å². The Bertz CT molecular complexity index is 1500. The number of thiazole rings is 1. The third-order valence-electron chi connectivity index (χ3n) is 5.59. The van der Waals surface area contributed by atoms with Crippen LogP contribution in [0.3, 0.4) is 0 Å². The van der Waals surface area contributed by atoms with E-state index in [9.17, 15) is 19.1 Å². The molecule has 1 aliphatic rings. The molecule has 0 saturated carbocycles. The van der Waals surface area contributed by atoms with Gasteiger partial charge in [-0.1, -0.05) is 35.1 Å². The predicted molar refractivity (Wildman–Crippen MR) is 133 cm³/mol. The number of hydrogen-bond acceptors (Lipinski definition) is 6. The highest BCUT2D eigenvalue weighted by molar-refractivity contribution is 7.22. The summed E-state index contributed by atoms with van der Waals surface area (Å²) in [6.45, 7) is 2.28. The molecule has 35 heavy (non-hydrogen) atoms. The van der Waals surface area contributed by atoms with Gasteiger partial charge >= 0.3 is 5.91 Å². The highest BCUT2D eigenvalue weighted by Crippen LogP contribution is 2.45. The molecule has 1 saturated heterocycles. The molecule has 1 amide bonds. The van der Waals surface area contributed by atoms with E-state index < -0.39 is 29.3 Å². The average Bonchev–Trinajstić information content (AvgIpc) is 3.37. The van der Waals surface area contributed by atoms with Crippen molar-refractivity contribution in [2.75, 3.05) is 11.5 Å². The zero-order valence-electron chi connectivity index (χ0n) is 18.4. The standard InChI is InChI=1S/C26H18ClFN2O4S/c1-2-34-18-5-3-4-15(12-18)22-21(23(31)14-6-9-17(28)10-7-14)24(32)25(33)30(22)26-29-19-11-8-16(27)13-20(19)35-26/h3-13,22,31H,2H2,1H3. The summed E-state index contributed by atoms with van der Waals surface area (Å²) in [6, 6.07) is 16.2. The summed E-state index contributed by atoms with van der Waals surface area (Å²) in [7, 11) is 0. The number of aliphatic hydroxyl groups excluding tert-OH is 1. The maximum atomic E-state index is 13.5. The highest BCUT2D eigenvalue weighted by Gasteiger charge is 2.48. The molecule has 1 N–H and O–H groups in total. The number of nitrogens with zero attached hydrogens (tertiary/aromatic N) is 2. The van der Waals surface area contributed by atoms with E-state index in [1.54, 1.807) is 42.5 Å². The molecule has 6 nitrogen and oxygen atoms in total. The molecule has 9 heteroatoms. The van der Waals surface area contributed by atoms with E-state index in [0.29, 0.717) is 28.5 Å². The SMILES string of the molecule is CCOc1cccc(C2C(=C(O)c3ccc(F)cc3)C(=O)C(=O)N2c2nc3ccc(Cl)cc3s2)c1. The molecule has 1 aliphatic heterocycles. The predicted octanol–water partition coefficient (Wildman–Crippen LogP) is 6.11. The molecule has 1 aromatic heterocycles. The van der Waals surface area contributed by atoms with E-state index in [4.69, 9.17) is 16.3 Å². The van der Waals surface area contributed by atoms with Crippen LogP contribution in [0.5, 0.6) is 5.75 Å². The minimum Gasteiger partial charge on any atom is -0.507 e. The summed E-state index contributed by atoms with van der Waals surface area (Å²) in [5.41, 5.74) is 1.27. The first-order valence-corrected chi connectivity index (χ1v) is 11.9. The van der Waals surface area contributed by atoms with Crippen molar-refractivity contribution in [1.82, 2.24) is 4.98 Å². The molecule has 0 bridgehead atoms. The lowest BCUT2D eigenvalue weighted by Crippen LogP contribution is -2.29. The van der Waals surface area contributed by atoms with Crippen LogP contribution in [0.1, 0.15) is 24.1 Å². The number of Topliss-reactive ketones (excluding diaryl/α,β-unsaturated/α-hetero) is 1. The molecule has 0 spiro atoms. The summed E-state index contributed by atoms with van der Waals surface area (Å²) >= 11 is 7.33. The smallest absolute Gasteiger partial charge is 0.301 e. The molecular weight excluding hydrogens is 491 g/mol. The molecule has 1 unspecified atom stereocenters. The van der Waals surface area contributed by atoms with Crippen LogP contribution >= 0.6 is 22.9 Å². The van der Waals surface area contributed by atoms with Crippen molar-refractivity contribution in [1.29, 1.82) is 0 Å². The molecule has 2 heterocycles. The van der Waals surface area contributed by atoms with Crippen molar-refractivity contribution in [3.8, 4) is 5.75 Å². The molecule has 1 fully saturated rings. The van der Waals surface area contributed by atoms with Crippen LogP contribution < -0.4 is 9.64 Å². The van der Waals surface area contributed by atoms with Crippen LogP contribution in [-0.2, 0) is 9.59 Å². The topological polar surface area (TPSA) is 79.7 Å². The average molecular weight is 509 g/mol. The fourth-order valence-corrected chi connectivity index (χ4v) is 5.31. The van der Waals surface area contributed by atoms with Crippen molar-refractivity contribution in [2.45, 2.75) is 13.0 Å². The van der Waals surface area contributed by atoms with Crippen LogP contribution in [0.2, 0.25) is 5.02 Å². The minimum atomic E-state index is -0.975. The van der Waals surface area contributed by atoms with Crippen molar-refractivity contribution >= 4 is 55.7 Å². The molecular formula is C26H18ClFN2O4S. The fourth-order valence-electron chi connectivity index (χ4n) is 4.04. The second-order valence-electron chi connectivity index (χ2n) is 7.79. The van der Waals surface area contributed by atoms with Gasteiger partial charge in [-0.3, -0.25) is 14.5 Å². The van der Waals surface area contributed by atoms with Crippen LogP contribution in [0, 0.1) is 5.82 Å². The number of halogens is 2. The number of anilines is 1. The number of hydrogen-bond donors (Lipinski definition) is 1. The van der Waals surface area contributed by atoms with Crippen LogP contribution in [-0.4, -0.2) is 28.4 Å². The lowest BCUT2D eigenvalue weighted by atomic mass is 9.95. The number of amides is 1. The first kappa shape index (κ1) is 23.0. The molecule has 4 aromatic rings. The van der Waals surface area contributed by atoms with Crippen molar-refractivity contribution < 1.29 is 23.8 Å². The number of fused-ring (bicyclic) bond motifs is 1. The molecule has 0 aliphatic carbocycles. The largest absolute Gasteiger partial charge is 0.507 e. The molecule has 5 rings (SSSR count). The Morgan fingerprint density at radius 3 is 2.66 bits per heavy atom. The third-order valence-corrected chi connectivity index (χ3v) is 6.84. The Balaban J connectivity index is 1.72. The Morgan fingerprint density at radius 2 is 1.91 bits per heavy atom. The number of ketones is 1. The van der Waals surface area contributed by atoms with Gasteiger partial charge < -0.3 is 9.84 Å². The number of carbonyl (C=O) groups excluding carboxylic acids is 2. The van der Waals surface area contributed by atoms with Crippen molar-refractivity contribution in [3.05, 3.63) is 94.3 Å². The summed E-state index contributed by atoms with van der Waals surface area (Å²) in [4.78, 5) is 32.4. The monoisotopic (exact) mass is 508 g/mol. The Hall–Kier alpha value is -3.75. The fraction of sp³-hybridized carbons (Fsp3) is 0.115. The van der Waals surface area contributed by atoms with Gasteiger partial charge in [0, 0.05) is 10.6 Å². The van der Waals surface area contributed by atoms with Gasteiger partial charge in [-0.05, 0) is 67.1 Å². The van der Waals surface area contributed by atoms with Crippen LogP contribution in [0.4, 0.5) is 9.52 Å². The summed E-state index contributed by atoms with van der Waals surface area (Å²) in [5.74, 6) is -2.03. The van der Waals surface area contributed by atoms with Gasteiger partial charge in [-0.25, -0.2) is 9.37 Å². The van der Waals surface area contributed by atoms with E-state index in [2.05, 4.69) is 4.98 Å². The normalized spacial score (nSPS) is 17.3. The summed E-state index contributed by atoms with van der Waals surface area (Å²) in [5, 5.41) is 11.9. The first-order valence-electron chi connectivity index (χ1n) is 10.7. The number of rotatable bonds is 5. The van der Waals surface area contributed by atoms with Crippen LogP contribution in [0.15, 0.2) is 72.3 Å². The molecule has 1 atom stereocenters. The van der Waals surface area contributed by atoms with Crippen molar-refractivity contribution in [2.24, 2.45) is 0 Å². The molecule has 3 aromatic carbocycles. The van der Waals surface area contributed by atoms with Gasteiger partial charge in [0.25, 0.3) is 5.78 Å². The van der Waals surface area contributed by atoms with E-state index in [0.717, 1.165) is 4.70 Å². The zero-order valence-corrected chi connectivity index (χ0v) is 19.9. The van der Waals surface area contributed by atoms with E-state index in [1.165, 1.54) is 40.5 Å². The lowest BCUT2D eigenvalue weighted by Gasteiger charge is -2.23. The van der Waals surface area contributed by atoms with Crippen molar-refractivity contribution in [3.63, 3.8) is 0 Å². The highest BCUT2D eigenvalue weighted by atomic mass is 35.5. The lowest BCUT2D eigenvalue weighted by molar-refractivity contribution is -0.132. The van der Waals surface area contributed by atoms with Gasteiger partial charge in [-0.2, -0.15) is 0 Å². The van der Waals surface area contributed by atoms with Gasteiger partial charge in [0.1, 0.15) is 17.3 Å². The second-order valence-corrected chi connectivity index (χ2v) is 9.24. The van der Waals surface area contributed by atoms with Gasteiger partial charge in [-0.15, -0.1) is 0 Å². The second kappa shape index (κ2) is 9.13. The number of ether oxygens (including phenoxy) is 1. The maximum absolute atomic E-state index is 13.5. The first-order chi connectivity index (χ1) is 16.9. The number of benzene rings is 3. The summed E-state index contributed by atoms with van der Waals surface area (Å²) in [6.07, 6.45) is 0. The summed E-state index contributed by atoms with van der Waals surface area (Å²) < 4.78 is 19.8. The molecule has 0 radical (unpaired) electrons. The Morgan fingerprint density at radius 1 is 1.14 bits per heavy atom. The van der Waals surface area contributed by atoms with Gasteiger partial charge in [0.05, 0.1) is 28.4 Å². The zero-order chi connectivity index (χ0) is 24.7. The third kappa shape index (κ3) is 4.15. The van der Waals surface area contributed by atoms with Crippen LogP contribution in [0.25, 0.3) is 16.0 Å². The number of aliphatic hydroxyl groups is 1. The van der Waals surface area contributed by atoms with Gasteiger partial charge in [0.2, 0.25) is 0 Å². The quantitative estimate of drug-likeness (QED) is 0.200. The van der Waals surface area contributed by atoms with E-state index >= 15 is 0 Å². The Labute approximate surface area is 208 Å². The Kier molecular flexibility index (Phi) is 6.00. The minimum absolute atomic E-state index is 0.118. The molecule has 176 valence electrons. The van der Waals surface area contributed by atoms with E-state index in [-0.39, 0.29) is 16.3 Å². The number of aromatic nitrogens is 1.